The number of rotatable bonds is 3. The number of phenols is 1. The van der Waals surface area contributed by atoms with E-state index in [1.807, 2.05) is 31.2 Å². The molecule has 1 aliphatic heterocycles. The molecule has 0 saturated carbocycles. The van der Waals surface area contributed by atoms with Gasteiger partial charge < -0.3 is 19.9 Å². The first-order valence-electron chi connectivity index (χ1n) is 7.15. The molecule has 1 heterocycles. The highest BCUT2D eigenvalue weighted by atomic mass is 16.5. The minimum absolute atomic E-state index is 0.281. The van der Waals surface area contributed by atoms with Crippen LogP contribution in [-0.2, 0) is 6.54 Å². The summed E-state index contributed by atoms with van der Waals surface area (Å²) in [4.78, 5) is 0. The van der Waals surface area contributed by atoms with Gasteiger partial charge in [0.05, 0.1) is 13.2 Å². The number of aromatic hydroxyl groups is 1. The van der Waals surface area contributed by atoms with E-state index in [0.29, 0.717) is 19.8 Å². The first kappa shape index (κ1) is 13.6. The third-order valence-corrected chi connectivity index (χ3v) is 3.53. The average Bonchev–Trinajstić information content (AvgIpc) is 2.72. The summed E-state index contributed by atoms with van der Waals surface area (Å²) < 4.78 is 11.5. The maximum atomic E-state index is 9.45. The van der Waals surface area contributed by atoms with Gasteiger partial charge in [0.2, 0.25) is 0 Å². The summed E-state index contributed by atoms with van der Waals surface area (Å²) in [6, 6.07) is 11.3. The Balaban J connectivity index is 1.79. The molecule has 0 aromatic heterocycles. The van der Waals surface area contributed by atoms with Crippen LogP contribution in [0.1, 0.15) is 17.5 Å². The highest BCUT2D eigenvalue weighted by molar-refractivity contribution is 5.55. The zero-order valence-electron chi connectivity index (χ0n) is 12.1. The number of hydrogen-bond acceptors (Lipinski definition) is 4. The fourth-order valence-electron chi connectivity index (χ4n) is 2.43. The lowest BCUT2D eigenvalue weighted by molar-refractivity contribution is 0.296. The predicted octanol–water partition coefficient (Wildman–Crippen LogP) is 3.47. The fraction of sp³-hybridized carbons (Fsp3) is 0.294. The average molecular weight is 285 g/mol. The van der Waals surface area contributed by atoms with Crippen molar-refractivity contribution >= 4 is 5.69 Å². The van der Waals surface area contributed by atoms with Crippen LogP contribution in [-0.4, -0.2) is 18.3 Å². The molecule has 2 aromatic rings. The van der Waals surface area contributed by atoms with Crippen molar-refractivity contribution in [2.45, 2.75) is 19.9 Å². The highest BCUT2D eigenvalue weighted by Crippen LogP contribution is 2.33. The Hall–Kier alpha value is -2.36. The van der Waals surface area contributed by atoms with Gasteiger partial charge in [0, 0.05) is 24.2 Å². The van der Waals surface area contributed by atoms with E-state index in [-0.39, 0.29) is 5.75 Å². The minimum Gasteiger partial charge on any atom is -0.508 e. The summed E-state index contributed by atoms with van der Waals surface area (Å²) in [5.74, 6) is 1.93. The molecular weight excluding hydrogens is 266 g/mol. The number of fused-ring (bicyclic) bond motifs is 1. The van der Waals surface area contributed by atoms with E-state index in [0.717, 1.165) is 34.7 Å². The van der Waals surface area contributed by atoms with Crippen molar-refractivity contribution in [3.05, 3.63) is 47.5 Å². The number of para-hydroxylation sites is 1. The van der Waals surface area contributed by atoms with Gasteiger partial charge in [0.25, 0.3) is 0 Å². The first-order chi connectivity index (χ1) is 10.2. The number of aryl methyl sites for hydroxylation is 1. The Kier molecular flexibility index (Phi) is 3.86. The monoisotopic (exact) mass is 285 g/mol. The van der Waals surface area contributed by atoms with Gasteiger partial charge in [-0.25, -0.2) is 0 Å². The van der Waals surface area contributed by atoms with Crippen molar-refractivity contribution in [1.82, 2.24) is 0 Å². The summed E-state index contributed by atoms with van der Waals surface area (Å²) in [6.07, 6.45) is 0.901. The Labute approximate surface area is 124 Å². The molecule has 1 aliphatic rings. The van der Waals surface area contributed by atoms with Gasteiger partial charge in [0.1, 0.15) is 5.75 Å². The van der Waals surface area contributed by atoms with Gasteiger partial charge in [-0.15, -0.1) is 0 Å². The molecule has 0 atom stereocenters. The Bertz CT molecular complexity index is 640. The molecule has 4 nitrogen and oxygen atoms in total. The second kappa shape index (κ2) is 5.95. The van der Waals surface area contributed by atoms with Gasteiger partial charge in [-0.1, -0.05) is 12.1 Å². The lowest BCUT2D eigenvalue weighted by Gasteiger charge is -2.14. The number of nitrogens with one attached hydrogen (secondary N) is 1. The molecule has 0 bridgehead atoms. The van der Waals surface area contributed by atoms with Crippen molar-refractivity contribution in [3.63, 3.8) is 0 Å². The quantitative estimate of drug-likeness (QED) is 0.848. The molecule has 4 heteroatoms. The molecule has 21 heavy (non-hydrogen) atoms. The van der Waals surface area contributed by atoms with E-state index >= 15 is 0 Å². The van der Waals surface area contributed by atoms with Gasteiger partial charge in [0.15, 0.2) is 11.5 Å². The highest BCUT2D eigenvalue weighted by Gasteiger charge is 2.14. The zero-order valence-corrected chi connectivity index (χ0v) is 12.1. The number of ether oxygens (including phenoxy) is 2. The summed E-state index contributed by atoms with van der Waals surface area (Å²) in [6.45, 7) is 3.99. The molecule has 110 valence electrons. The van der Waals surface area contributed by atoms with Gasteiger partial charge in [-0.2, -0.15) is 0 Å². The standard InChI is InChI=1S/C17H19NO3/c1-12-10-14(19)6-7-15(12)18-11-13-4-2-5-16-17(13)21-9-3-8-20-16/h2,4-7,10,18-19H,3,8-9,11H2,1H3. The van der Waals surface area contributed by atoms with Crippen LogP contribution in [0.5, 0.6) is 17.2 Å². The second-order valence-electron chi connectivity index (χ2n) is 5.15. The van der Waals surface area contributed by atoms with E-state index < -0.39 is 0 Å². The first-order valence-corrected chi connectivity index (χ1v) is 7.15. The third kappa shape index (κ3) is 3.05. The normalized spacial score (nSPS) is 13.6. The number of phenolic OH excluding ortho intramolecular Hbond substituents is 1. The van der Waals surface area contributed by atoms with E-state index in [9.17, 15) is 5.11 Å². The molecule has 0 amide bonds. The zero-order chi connectivity index (χ0) is 14.7. The van der Waals surface area contributed by atoms with Crippen molar-refractivity contribution in [2.24, 2.45) is 0 Å². The lowest BCUT2D eigenvalue weighted by Crippen LogP contribution is -2.04. The van der Waals surface area contributed by atoms with Crippen LogP contribution in [0.4, 0.5) is 5.69 Å². The maximum absolute atomic E-state index is 9.45. The van der Waals surface area contributed by atoms with Crippen LogP contribution in [0.2, 0.25) is 0 Å². The molecule has 0 spiro atoms. The van der Waals surface area contributed by atoms with E-state index in [1.54, 1.807) is 12.1 Å². The molecule has 0 fully saturated rings. The summed E-state index contributed by atoms with van der Waals surface area (Å²) in [7, 11) is 0. The molecule has 0 aliphatic carbocycles. The van der Waals surface area contributed by atoms with Gasteiger partial charge >= 0.3 is 0 Å². The number of anilines is 1. The lowest BCUT2D eigenvalue weighted by atomic mass is 10.1. The number of hydrogen-bond donors (Lipinski definition) is 2. The fourth-order valence-corrected chi connectivity index (χ4v) is 2.43. The number of benzene rings is 2. The smallest absolute Gasteiger partial charge is 0.166 e. The van der Waals surface area contributed by atoms with E-state index in [1.165, 1.54) is 0 Å². The molecule has 0 radical (unpaired) electrons. The van der Waals surface area contributed by atoms with E-state index in [2.05, 4.69) is 5.32 Å². The van der Waals surface area contributed by atoms with Crippen LogP contribution in [0.3, 0.4) is 0 Å². The summed E-state index contributed by atoms with van der Waals surface area (Å²) >= 11 is 0. The van der Waals surface area contributed by atoms with Crippen LogP contribution in [0.25, 0.3) is 0 Å². The van der Waals surface area contributed by atoms with E-state index in [4.69, 9.17) is 9.47 Å². The van der Waals surface area contributed by atoms with Crippen LogP contribution in [0.15, 0.2) is 36.4 Å². The van der Waals surface area contributed by atoms with Gasteiger partial charge in [-0.05, 0) is 36.8 Å². The Morgan fingerprint density at radius 2 is 2.00 bits per heavy atom. The third-order valence-electron chi connectivity index (χ3n) is 3.53. The molecule has 3 rings (SSSR count). The van der Waals surface area contributed by atoms with Crippen molar-refractivity contribution < 1.29 is 14.6 Å². The molecular formula is C17H19NO3. The molecule has 0 unspecified atom stereocenters. The van der Waals surface area contributed by atoms with Crippen LogP contribution < -0.4 is 14.8 Å². The maximum Gasteiger partial charge on any atom is 0.166 e. The SMILES string of the molecule is Cc1cc(O)ccc1NCc1cccc2c1OCCCO2. The topological polar surface area (TPSA) is 50.7 Å². The summed E-state index contributed by atoms with van der Waals surface area (Å²) in [5.41, 5.74) is 3.08. The van der Waals surface area contributed by atoms with Crippen molar-refractivity contribution in [3.8, 4) is 17.2 Å². The molecule has 2 aromatic carbocycles. The van der Waals surface area contributed by atoms with Crippen molar-refractivity contribution in [2.75, 3.05) is 18.5 Å². The Morgan fingerprint density at radius 1 is 1.14 bits per heavy atom. The summed E-state index contributed by atoms with van der Waals surface area (Å²) in [5, 5.41) is 12.8. The van der Waals surface area contributed by atoms with Crippen molar-refractivity contribution in [1.29, 1.82) is 0 Å². The molecule has 0 saturated heterocycles. The van der Waals surface area contributed by atoms with Crippen LogP contribution in [0, 0.1) is 6.92 Å². The second-order valence-corrected chi connectivity index (χ2v) is 5.15. The largest absolute Gasteiger partial charge is 0.508 e. The predicted molar refractivity (Wildman–Crippen MR) is 82.2 cm³/mol. The van der Waals surface area contributed by atoms with Gasteiger partial charge in [-0.3, -0.25) is 0 Å². The minimum atomic E-state index is 0.281. The Morgan fingerprint density at radius 3 is 2.86 bits per heavy atom. The molecule has 2 N–H and O–H groups in total. The van der Waals surface area contributed by atoms with Crippen LogP contribution >= 0.6 is 0 Å².